The first kappa shape index (κ1) is 30.6. The number of hydrogen-bond donors (Lipinski definition) is 2. The van der Waals surface area contributed by atoms with Crippen LogP contribution in [0.15, 0.2) is 30.3 Å². The van der Waals surface area contributed by atoms with E-state index in [0.29, 0.717) is 25.6 Å². The maximum atomic E-state index is 11.7. The van der Waals surface area contributed by atoms with Crippen LogP contribution in [0.2, 0.25) is 0 Å². The van der Waals surface area contributed by atoms with E-state index in [2.05, 4.69) is 45.3 Å². The number of unbranched alkanes of at least 4 members (excludes halogenated alkanes) is 1. The number of nitrogens with zero attached hydrogens (tertiary/aromatic N) is 1. The molecule has 0 spiro atoms. The van der Waals surface area contributed by atoms with Gasteiger partial charge in [0.15, 0.2) is 0 Å². The molecule has 0 saturated carbocycles. The van der Waals surface area contributed by atoms with Crippen LogP contribution in [0.3, 0.4) is 0 Å². The lowest BCUT2D eigenvalue weighted by molar-refractivity contribution is -0.131. The summed E-state index contributed by atoms with van der Waals surface area (Å²) in [6, 6.07) is 9.84. The third kappa shape index (κ3) is 16.9. The summed E-state index contributed by atoms with van der Waals surface area (Å²) >= 11 is 0. The largest absolute Gasteiger partial charge is 0.358 e. The van der Waals surface area contributed by atoms with Gasteiger partial charge in [0, 0.05) is 19.6 Å². The zero-order chi connectivity index (χ0) is 24.9. The highest BCUT2D eigenvalue weighted by Crippen LogP contribution is 2.15. The molecule has 1 atom stereocenters. The Balaban J connectivity index is 0.000000501. The van der Waals surface area contributed by atoms with E-state index in [9.17, 15) is 14.4 Å². The Kier molecular flexibility index (Phi) is 18.8. The molecule has 2 rings (SSSR count). The van der Waals surface area contributed by atoms with Gasteiger partial charge in [-0.25, -0.2) is 0 Å². The van der Waals surface area contributed by atoms with E-state index in [4.69, 9.17) is 0 Å². The highest BCUT2D eigenvalue weighted by molar-refractivity contribution is 5.84. The molecule has 1 heterocycles. The van der Waals surface area contributed by atoms with Crippen LogP contribution in [0.4, 0.5) is 0 Å². The first-order chi connectivity index (χ1) is 15.8. The van der Waals surface area contributed by atoms with E-state index >= 15 is 0 Å². The molecule has 1 aromatic carbocycles. The first-order valence-electron chi connectivity index (χ1n) is 12.5. The molecule has 1 unspecified atom stereocenters. The van der Waals surface area contributed by atoms with Gasteiger partial charge in [-0.3, -0.25) is 14.4 Å². The Labute approximate surface area is 201 Å². The highest BCUT2D eigenvalue weighted by Gasteiger charge is 2.29. The van der Waals surface area contributed by atoms with Crippen molar-refractivity contribution in [2.45, 2.75) is 85.6 Å². The highest BCUT2D eigenvalue weighted by atomic mass is 16.2. The van der Waals surface area contributed by atoms with Crippen molar-refractivity contribution < 1.29 is 14.4 Å². The third-order valence-corrected chi connectivity index (χ3v) is 5.37. The van der Waals surface area contributed by atoms with Gasteiger partial charge in [-0.15, -0.1) is 0 Å². The van der Waals surface area contributed by atoms with E-state index in [-0.39, 0.29) is 11.9 Å². The summed E-state index contributed by atoms with van der Waals surface area (Å²) in [4.78, 5) is 33.8. The molecule has 2 N–H and O–H groups in total. The van der Waals surface area contributed by atoms with Gasteiger partial charge < -0.3 is 15.5 Å². The number of carbonyl (C=O) groups is 3. The van der Waals surface area contributed by atoms with E-state index in [1.807, 2.05) is 30.3 Å². The van der Waals surface area contributed by atoms with Crippen LogP contribution < -0.4 is 10.6 Å². The van der Waals surface area contributed by atoms with Gasteiger partial charge >= 0.3 is 0 Å². The second-order valence-corrected chi connectivity index (χ2v) is 9.32. The lowest BCUT2D eigenvalue weighted by atomic mass is 10.1. The minimum atomic E-state index is -0.227. The van der Waals surface area contributed by atoms with Crippen molar-refractivity contribution in [3.05, 3.63) is 35.9 Å². The molecule has 1 aromatic rings. The fourth-order valence-corrected chi connectivity index (χ4v) is 3.33. The predicted molar refractivity (Wildman–Crippen MR) is 137 cm³/mol. The predicted octanol–water partition coefficient (Wildman–Crippen LogP) is 4.58. The van der Waals surface area contributed by atoms with Gasteiger partial charge in [0.2, 0.25) is 18.7 Å². The third-order valence-electron chi connectivity index (χ3n) is 5.37. The van der Waals surface area contributed by atoms with Crippen molar-refractivity contribution in [3.63, 3.8) is 0 Å². The fourth-order valence-electron chi connectivity index (χ4n) is 3.33. The van der Waals surface area contributed by atoms with Crippen LogP contribution in [0, 0.1) is 11.8 Å². The van der Waals surface area contributed by atoms with Crippen molar-refractivity contribution in [1.29, 1.82) is 0 Å². The Bertz CT molecular complexity index is 620. The molecule has 0 aliphatic carbocycles. The lowest BCUT2D eigenvalue weighted by Crippen LogP contribution is -2.43. The first-order valence-corrected chi connectivity index (χ1v) is 12.5. The lowest BCUT2D eigenvalue weighted by Gasteiger charge is -2.19. The van der Waals surface area contributed by atoms with Gasteiger partial charge in [0.05, 0.1) is 0 Å². The van der Waals surface area contributed by atoms with Crippen molar-refractivity contribution in [1.82, 2.24) is 15.5 Å². The number of likely N-dealkylation sites (tertiary alicyclic amines) is 1. The van der Waals surface area contributed by atoms with Crippen molar-refractivity contribution in [3.8, 4) is 0 Å². The standard InChI is InChI=1S/C11H20N2O2.C9H11NO.C7H16/c1-9(2)5-6-12-11(15)10-4-3-7-13(10)8-14;11-8-10-7-6-9-4-2-1-3-5-9;1-4-5-6-7(2)3/h8-10H,3-7H2,1-2H3,(H,12,15);1-5,8H,6-7H2,(H,10,11);7H,4-6H2,1-3H3. The SMILES string of the molecule is CC(C)CCNC(=O)C1CCCN1C=O.CCCCC(C)C.O=CNCCc1ccccc1. The molecule has 0 radical (unpaired) electrons. The summed E-state index contributed by atoms with van der Waals surface area (Å²) in [5.41, 5.74) is 1.25. The molecule has 33 heavy (non-hydrogen) atoms. The summed E-state index contributed by atoms with van der Waals surface area (Å²) in [5.74, 6) is 1.50. The quantitative estimate of drug-likeness (QED) is 0.353. The average Bonchev–Trinajstić information content (AvgIpc) is 3.28. The van der Waals surface area contributed by atoms with Crippen LogP contribution in [-0.4, -0.2) is 49.3 Å². The number of benzene rings is 1. The van der Waals surface area contributed by atoms with Gasteiger partial charge in [-0.05, 0) is 43.1 Å². The number of rotatable bonds is 12. The minimum Gasteiger partial charge on any atom is -0.358 e. The summed E-state index contributed by atoms with van der Waals surface area (Å²) in [6.07, 6.45) is 9.27. The Hall–Kier alpha value is -2.37. The Morgan fingerprint density at radius 3 is 2.24 bits per heavy atom. The second-order valence-electron chi connectivity index (χ2n) is 9.32. The average molecular weight is 462 g/mol. The van der Waals surface area contributed by atoms with E-state index < -0.39 is 0 Å². The molecule has 1 saturated heterocycles. The molecule has 1 fully saturated rings. The summed E-state index contributed by atoms with van der Waals surface area (Å²) in [7, 11) is 0. The van der Waals surface area contributed by atoms with E-state index in [1.165, 1.54) is 24.8 Å². The van der Waals surface area contributed by atoms with Gasteiger partial charge in [0.25, 0.3) is 0 Å². The number of nitrogens with one attached hydrogen (secondary N) is 2. The zero-order valence-electron chi connectivity index (χ0n) is 21.5. The number of carbonyl (C=O) groups excluding carboxylic acids is 3. The molecular formula is C27H47N3O3. The molecule has 188 valence electrons. The summed E-state index contributed by atoms with van der Waals surface area (Å²) < 4.78 is 0. The van der Waals surface area contributed by atoms with E-state index in [0.717, 1.165) is 44.4 Å². The monoisotopic (exact) mass is 461 g/mol. The van der Waals surface area contributed by atoms with Crippen molar-refractivity contribution in [2.75, 3.05) is 19.6 Å². The normalized spacial score (nSPS) is 14.6. The van der Waals surface area contributed by atoms with Crippen LogP contribution in [0.1, 0.15) is 78.7 Å². The molecule has 0 aromatic heterocycles. The van der Waals surface area contributed by atoms with E-state index in [1.54, 1.807) is 4.90 Å². The minimum absolute atomic E-state index is 0.000231. The van der Waals surface area contributed by atoms with Crippen LogP contribution >= 0.6 is 0 Å². The van der Waals surface area contributed by atoms with Gasteiger partial charge in [0.1, 0.15) is 6.04 Å². The summed E-state index contributed by atoms with van der Waals surface area (Å²) in [5, 5.41) is 5.50. The Morgan fingerprint density at radius 1 is 1.06 bits per heavy atom. The molecule has 6 heteroatoms. The summed E-state index contributed by atoms with van der Waals surface area (Å²) in [6.45, 7) is 13.2. The molecule has 1 aliphatic heterocycles. The van der Waals surface area contributed by atoms with Gasteiger partial charge in [-0.2, -0.15) is 0 Å². The molecular weight excluding hydrogens is 414 g/mol. The number of hydrogen-bond acceptors (Lipinski definition) is 3. The zero-order valence-corrected chi connectivity index (χ0v) is 21.5. The van der Waals surface area contributed by atoms with Crippen LogP contribution in [0.25, 0.3) is 0 Å². The maximum absolute atomic E-state index is 11.7. The Morgan fingerprint density at radius 2 is 1.73 bits per heavy atom. The topological polar surface area (TPSA) is 78.5 Å². The van der Waals surface area contributed by atoms with Crippen molar-refractivity contribution >= 4 is 18.7 Å². The van der Waals surface area contributed by atoms with Gasteiger partial charge in [-0.1, -0.05) is 84.2 Å². The second kappa shape index (κ2) is 20.3. The molecule has 0 bridgehead atoms. The smallest absolute Gasteiger partial charge is 0.242 e. The molecule has 6 nitrogen and oxygen atoms in total. The van der Waals surface area contributed by atoms with Crippen LogP contribution in [0.5, 0.6) is 0 Å². The number of amides is 3. The molecule has 1 aliphatic rings. The van der Waals surface area contributed by atoms with Crippen molar-refractivity contribution in [2.24, 2.45) is 11.8 Å². The maximum Gasteiger partial charge on any atom is 0.242 e. The molecule has 3 amide bonds. The van der Waals surface area contributed by atoms with Crippen LogP contribution in [-0.2, 0) is 20.8 Å². The fraction of sp³-hybridized carbons (Fsp3) is 0.667.